The molecule has 0 aliphatic carbocycles. The lowest BCUT2D eigenvalue weighted by atomic mass is 9.88. The van der Waals surface area contributed by atoms with Gasteiger partial charge in [-0.15, -0.1) is 5.10 Å². The normalized spacial score (nSPS) is 13.4. The van der Waals surface area contributed by atoms with Gasteiger partial charge in [-0.25, -0.2) is 0 Å². The van der Waals surface area contributed by atoms with Gasteiger partial charge in [-0.3, -0.25) is 0 Å². The van der Waals surface area contributed by atoms with Gasteiger partial charge < -0.3 is 5.32 Å². The highest BCUT2D eigenvalue weighted by molar-refractivity contribution is 7.05. The fourth-order valence-corrected chi connectivity index (χ4v) is 3.35. The molecule has 2 aromatic rings. The first kappa shape index (κ1) is 15.1. The van der Waals surface area contributed by atoms with Gasteiger partial charge in [0.15, 0.2) is 0 Å². The largest absolute Gasteiger partial charge is 0.309 e. The SMILES string of the molecule is CCc1cccc(C(NC)c2snnc2C(C)(C)C)c1. The first-order chi connectivity index (χ1) is 9.47. The van der Waals surface area contributed by atoms with Crippen LogP contribution in [-0.4, -0.2) is 16.6 Å². The second kappa shape index (κ2) is 6.02. The zero-order valence-electron chi connectivity index (χ0n) is 12.9. The monoisotopic (exact) mass is 289 g/mol. The molecule has 2 rings (SSSR count). The van der Waals surface area contributed by atoms with Crippen LogP contribution < -0.4 is 5.32 Å². The molecule has 0 fully saturated rings. The number of nitrogens with zero attached hydrogens (tertiary/aromatic N) is 2. The van der Waals surface area contributed by atoms with Crippen LogP contribution in [0.15, 0.2) is 24.3 Å². The minimum Gasteiger partial charge on any atom is -0.309 e. The predicted octanol–water partition coefficient (Wildman–Crippen LogP) is 3.71. The number of hydrogen-bond donors (Lipinski definition) is 1. The minimum absolute atomic E-state index is 0.0137. The summed E-state index contributed by atoms with van der Waals surface area (Å²) in [4.78, 5) is 1.22. The molecule has 1 aromatic heterocycles. The van der Waals surface area contributed by atoms with Gasteiger partial charge in [0, 0.05) is 5.41 Å². The van der Waals surface area contributed by atoms with E-state index in [1.54, 1.807) is 0 Å². The van der Waals surface area contributed by atoms with Gasteiger partial charge in [-0.1, -0.05) is 56.4 Å². The van der Waals surface area contributed by atoms with Crippen LogP contribution in [0.1, 0.15) is 55.4 Å². The zero-order valence-corrected chi connectivity index (χ0v) is 13.7. The summed E-state index contributed by atoms with van der Waals surface area (Å²) in [6, 6.07) is 8.91. The van der Waals surface area contributed by atoms with Gasteiger partial charge in [0.1, 0.15) is 0 Å². The smallest absolute Gasteiger partial charge is 0.0860 e. The minimum atomic E-state index is 0.0137. The van der Waals surface area contributed by atoms with Gasteiger partial charge in [0.25, 0.3) is 0 Å². The molecule has 0 radical (unpaired) electrons. The van der Waals surface area contributed by atoms with Gasteiger partial charge in [-0.2, -0.15) is 0 Å². The number of benzene rings is 1. The van der Waals surface area contributed by atoms with Crippen LogP contribution in [0.3, 0.4) is 0 Å². The van der Waals surface area contributed by atoms with Crippen LogP contribution in [0.25, 0.3) is 0 Å². The lowest BCUT2D eigenvalue weighted by Gasteiger charge is -2.22. The van der Waals surface area contributed by atoms with Gasteiger partial charge in [-0.05, 0) is 36.1 Å². The van der Waals surface area contributed by atoms with Crippen molar-refractivity contribution in [3.05, 3.63) is 46.0 Å². The molecule has 1 heterocycles. The third-order valence-corrected chi connectivity index (χ3v) is 4.26. The third-order valence-electron chi connectivity index (χ3n) is 3.47. The van der Waals surface area contributed by atoms with Gasteiger partial charge in [0.05, 0.1) is 16.6 Å². The maximum atomic E-state index is 4.35. The Morgan fingerprint density at radius 2 is 2.05 bits per heavy atom. The van der Waals surface area contributed by atoms with E-state index in [1.807, 2.05) is 7.05 Å². The molecule has 20 heavy (non-hydrogen) atoms. The predicted molar refractivity (Wildman–Crippen MR) is 85.3 cm³/mol. The maximum absolute atomic E-state index is 4.35. The molecule has 4 heteroatoms. The molecule has 0 aliphatic heterocycles. The van der Waals surface area contributed by atoms with E-state index in [1.165, 1.54) is 27.5 Å². The summed E-state index contributed by atoms with van der Waals surface area (Å²) in [5, 5.41) is 7.77. The Bertz CT molecular complexity index is 569. The van der Waals surface area contributed by atoms with Crippen molar-refractivity contribution in [1.82, 2.24) is 14.9 Å². The number of nitrogens with one attached hydrogen (secondary N) is 1. The van der Waals surface area contributed by atoms with Crippen LogP contribution in [0.5, 0.6) is 0 Å². The van der Waals surface area contributed by atoms with E-state index in [-0.39, 0.29) is 11.5 Å². The number of rotatable bonds is 4. The first-order valence-corrected chi connectivity index (χ1v) is 7.83. The lowest BCUT2D eigenvalue weighted by Crippen LogP contribution is -2.22. The molecular weight excluding hydrogens is 266 g/mol. The average Bonchev–Trinajstić information content (AvgIpc) is 2.89. The molecule has 0 bridgehead atoms. The first-order valence-electron chi connectivity index (χ1n) is 7.06. The summed E-state index contributed by atoms with van der Waals surface area (Å²) < 4.78 is 4.18. The highest BCUT2D eigenvalue weighted by Crippen LogP contribution is 2.33. The lowest BCUT2D eigenvalue weighted by molar-refractivity contribution is 0.549. The maximum Gasteiger partial charge on any atom is 0.0860 e. The van der Waals surface area contributed by atoms with Crippen molar-refractivity contribution in [2.75, 3.05) is 7.05 Å². The van der Waals surface area contributed by atoms with Crippen molar-refractivity contribution in [3.63, 3.8) is 0 Å². The molecule has 1 atom stereocenters. The van der Waals surface area contributed by atoms with Gasteiger partial charge >= 0.3 is 0 Å². The van der Waals surface area contributed by atoms with Crippen molar-refractivity contribution < 1.29 is 0 Å². The van der Waals surface area contributed by atoms with E-state index in [0.29, 0.717) is 0 Å². The quantitative estimate of drug-likeness (QED) is 0.932. The van der Waals surface area contributed by atoms with E-state index in [0.717, 1.165) is 12.1 Å². The molecule has 0 amide bonds. The summed E-state index contributed by atoms with van der Waals surface area (Å²) in [6.07, 6.45) is 1.05. The van der Waals surface area contributed by atoms with E-state index >= 15 is 0 Å². The number of aryl methyl sites for hydroxylation is 1. The van der Waals surface area contributed by atoms with E-state index in [4.69, 9.17) is 0 Å². The van der Waals surface area contributed by atoms with Crippen LogP contribution in [0.2, 0.25) is 0 Å². The second-order valence-corrected chi connectivity index (χ2v) is 6.84. The fraction of sp³-hybridized carbons (Fsp3) is 0.500. The summed E-state index contributed by atoms with van der Waals surface area (Å²) >= 11 is 1.49. The summed E-state index contributed by atoms with van der Waals surface area (Å²) in [5.41, 5.74) is 3.74. The number of aromatic nitrogens is 2. The van der Waals surface area contributed by atoms with Crippen LogP contribution >= 0.6 is 11.5 Å². The molecular formula is C16H23N3S. The summed E-state index contributed by atoms with van der Waals surface area (Å²) in [6.45, 7) is 8.73. The van der Waals surface area contributed by atoms with Crippen LogP contribution in [0, 0.1) is 0 Å². The number of hydrogen-bond acceptors (Lipinski definition) is 4. The van der Waals surface area contributed by atoms with Crippen molar-refractivity contribution in [2.24, 2.45) is 0 Å². The Labute approximate surface area is 125 Å². The van der Waals surface area contributed by atoms with Crippen LogP contribution in [-0.2, 0) is 11.8 Å². The molecule has 108 valence electrons. The standard InChI is InChI=1S/C16H23N3S/c1-6-11-8-7-9-12(10-11)13(17-5)14-15(16(2,3)4)18-19-20-14/h7-10,13,17H,6H2,1-5H3. The average molecular weight is 289 g/mol. The van der Waals surface area contributed by atoms with Gasteiger partial charge in [0.2, 0.25) is 0 Å². The molecule has 0 saturated carbocycles. The molecule has 3 nitrogen and oxygen atoms in total. The highest BCUT2D eigenvalue weighted by atomic mass is 32.1. The Kier molecular flexibility index (Phi) is 4.55. The summed E-state index contributed by atoms with van der Waals surface area (Å²) in [5.74, 6) is 0. The molecule has 0 spiro atoms. The fourth-order valence-electron chi connectivity index (χ4n) is 2.35. The third kappa shape index (κ3) is 3.07. The Morgan fingerprint density at radius 1 is 1.30 bits per heavy atom. The van der Waals surface area contributed by atoms with E-state index in [9.17, 15) is 0 Å². The molecule has 1 unspecified atom stereocenters. The van der Waals surface area contributed by atoms with Crippen molar-refractivity contribution >= 4 is 11.5 Å². The Balaban J connectivity index is 2.45. The molecule has 0 aliphatic rings. The van der Waals surface area contributed by atoms with E-state index in [2.05, 4.69) is 66.9 Å². The van der Waals surface area contributed by atoms with Crippen molar-refractivity contribution in [2.45, 2.75) is 45.6 Å². The Hall–Kier alpha value is -1.26. The summed E-state index contributed by atoms with van der Waals surface area (Å²) in [7, 11) is 2.00. The van der Waals surface area contributed by atoms with Crippen molar-refractivity contribution in [3.8, 4) is 0 Å². The second-order valence-electron chi connectivity index (χ2n) is 6.06. The molecule has 1 N–H and O–H groups in total. The highest BCUT2D eigenvalue weighted by Gasteiger charge is 2.27. The van der Waals surface area contributed by atoms with Crippen molar-refractivity contribution in [1.29, 1.82) is 0 Å². The molecule has 0 saturated heterocycles. The Morgan fingerprint density at radius 3 is 2.65 bits per heavy atom. The zero-order chi connectivity index (χ0) is 14.8. The molecule has 1 aromatic carbocycles. The van der Waals surface area contributed by atoms with Crippen LogP contribution in [0.4, 0.5) is 0 Å². The topological polar surface area (TPSA) is 37.8 Å². The van der Waals surface area contributed by atoms with E-state index < -0.39 is 0 Å².